The fraction of sp³-hybridized carbons (Fsp3) is 0.796. The highest BCUT2D eigenvalue weighted by atomic mass is 16.7. The summed E-state index contributed by atoms with van der Waals surface area (Å²) in [5.74, 6) is 3.56. The number of ether oxygens (including phenoxy) is 3. The van der Waals surface area contributed by atoms with Gasteiger partial charge in [0.1, 0.15) is 42.7 Å². The maximum atomic E-state index is 13.3. The van der Waals surface area contributed by atoms with E-state index in [0.29, 0.717) is 28.9 Å². The van der Waals surface area contributed by atoms with Crippen molar-refractivity contribution in [3.8, 4) is 0 Å². The molecule has 6 rings (SSSR count). The standard InChI is InChI=1S/C54H87N3O14/c1-31(2)9-8-10-32(3)38-17-18-39-37-16-15-35-25-36(19-22-53(35,6)40(37)20-23-54(38,39)7)69-24-21-43(61)55-26-33-11-13-34(14-12-33)27-57(68)52(4,5)30-56-50(67)47(65)46(64)49(41(60)28-58)71-51-48(66)45(63)44(62)42(29-59)70-51/h11-15,27,31-32,36-42,44-49,51,58-60,62-66H,8-10,16-26,28-30H2,1-7H3,(H,55,61)(H,56,67)/b57-27-/t32?,36?,37?,38?,39?,40?,41?,42-,44+,45+,46+,47-,48-,49-,51+,53?,54?/m1/s1. The van der Waals surface area contributed by atoms with Crippen LogP contribution in [-0.2, 0) is 30.3 Å². The third-order valence-electron chi connectivity index (χ3n) is 17.6. The normalized spacial score (nSPS) is 34.3. The Morgan fingerprint density at radius 3 is 2.34 bits per heavy atom. The number of allylic oxidation sites excluding steroid dienone is 1. The lowest BCUT2D eigenvalue weighted by molar-refractivity contribution is -0.533. The molecule has 0 spiro atoms. The predicted octanol–water partition coefficient (Wildman–Crippen LogP) is 3.20. The van der Waals surface area contributed by atoms with E-state index < -0.39 is 79.8 Å². The Kier molecular flexibility index (Phi) is 19.8. The van der Waals surface area contributed by atoms with Crippen LogP contribution in [0, 0.1) is 51.5 Å². The van der Waals surface area contributed by atoms with E-state index in [1.807, 2.05) is 0 Å². The van der Waals surface area contributed by atoms with Crippen molar-refractivity contribution >= 4 is 18.0 Å². The highest BCUT2D eigenvalue weighted by Crippen LogP contribution is 2.67. The summed E-state index contributed by atoms with van der Waals surface area (Å²) >= 11 is 0. The molecule has 17 heteroatoms. The van der Waals surface area contributed by atoms with Crippen LogP contribution >= 0.6 is 0 Å². The summed E-state index contributed by atoms with van der Waals surface area (Å²) in [5, 5.41) is 100.0. The van der Waals surface area contributed by atoms with Crippen molar-refractivity contribution < 1.29 is 69.4 Å². The summed E-state index contributed by atoms with van der Waals surface area (Å²) in [6.07, 6.45) is 1.01. The van der Waals surface area contributed by atoms with E-state index in [9.17, 15) is 55.6 Å². The Bertz CT molecular complexity index is 1960. The van der Waals surface area contributed by atoms with Gasteiger partial charge in [0.05, 0.1) is 32.5 Å². The summed E-state index contributed by atoms with van der Waals surface area (Å²) in [4.78, 5) is 25.9. The lowest BCUT2D eigenvalue weighted by Crippen LogP contribution is -2.62. The third kappa shape index (κ3) is 13.3. The molecule has 1 aromatic rings. The smallest absolute Gasteiger partial charge is 0.251 e. The number of aliphatic hydroxyl groups excluding tert-OH is 8. The second kappa shape index (κ2) is 24.5. The summed E-state index contributed by atoms with van der Waals surface area (Å²) in [5.41, 5.74) is 2.40. The number of rotatable bonds is 23. The van der Waals surface area contributed by atoms with Gasteiger partial charge in [-0.1, -0.05) is 77.7 Å². The molecule has 71 heavy (non-hydrogen) atoms. The lowest BCUT2D eigenvalue weighted by Gasteiger charge is -2.58. The van der Waals surface area contributed by atoms with Crippen molar-refractivity contribution in [2.45, 2.75) is 199 Å². The molecular formula is C54H87N3O14. The highest BCUT2D eigenvalue weighted by molar-refractivity contribution is 5.81. The Hall–Kier alpha value is -3.07. The van der Waals surface area contributed by atoms with E-state index >= 15 is 0 Å². The Morgan fingerprint density at radius 1 is 0.944 bits per heavy atom. The highest BCUT2D eigenvalue weighted by Gasteiger charge is 2.59. The molecule has 0 radical (unpaired) electrons. The van der Waals surface area contributed by atoms with Gasteiger partial charge in [-0.25, -0.2) is 4.74 Å². The topological polar surface area (TPSA) is 274 Å². The van der Waals surface area contributed by atoms with Gasteiger partial charge in [-0.05, 0) is 115 Å². The third-order valence-corrected chi connectivity index (χ3v) is 17.6. The van der Waals surface area contributed by atoms with E-state index in [1.54, 1.807) is 29.8 Å². The van der Waals surface area contributed by atoms with Crippen molar-refractivity contribution in [2.75, 3.05) is 26.4 Å². The van der Waals surface area contributed by atoms with Crippen molar-refractivity contribution in [3.05, 3.63) is 52.2 Å². The average molecular weight is 1000 g/mol. The fourth-order valence-corrected chi connectivity index (χ4v) is 13.1. The zero-order valence-electron chi connectivity index (χ0n) is 43.2. The van der Waals surface area contributed by atoms with Crippen LogP contribution in [0.3, 0.4) is 0 Å². The molecule has 2 amide bonds. The minimum Gasteiger partial charge on any atom is -0.623 e. The first kappa shape index (κ1) is 57.2. The molecule has 5 aliphatic rings. The van der Waals surface area contributed by atoms with Gasteiger partial charge < -0.3 is 70.9 Å². The first-order valence-electron chi connectivity index (χ1n) is 26.4. The van der Waals surface area contributed by atoms with Gasteiger partial charge in [0, 0.05) is 32.4 Å². The monoisotopic (exact) mass is 1000 g/mol. The molecule has 1 aliphatic heterocycles. The Labute approximate surface area is 420 Å². The van der Waals surface area contributed by atoms with Crippen LogP contribution in [0.1, 0.15) is 137 Å². The van der Waals surface area contributed by atoms with Crippen LogP contribution in [0.5, 0.6) is 0 Å². The number of hydroxylamine groups is 1. The first-order valence-corrected chi connectivity index (χ1v) is 26.4. The number of hydrogen-bond acceptors (Lipinski definition) is 14. The molecule has 1 heterocycles. The summed E-state index contributed by atoms with van der Waals surface area (Å²) in [6.45, 7) is 14.0. The van der Waals surface area contributed by atoms with Crippen molar-refractivity contribution in [2.24, 2.45) is 46.3 Å². The van der Waals surface area contributed by atoms with Crippen molar-refractivity contribution in [1.82, 2.24) is 10.6 Å². The van der Waals surface area contributed by atoms with Gasteiger partial charge in [0.15, 0.2) is 24.1 Å². The molecule has 4 aliphatic carbocycles. The van der Waals surface area contributed by atoms with Crippen molar-refractivity contribution in [1.29, 1.82) is 0 Å². The number of carbonyl (C=O) groups is 2. The van der Waals surface area contributed by atoms with Crippen LogP contribution < -0.4 is 10.6 Å². The largest absolute Gasteiger partial charge is 0.623 e. The van der Waals surface area contributed by atoms with Crippen LogP contribution in [-0.4, -0.2) is 157 Å². The van der Waals surface area contributed by atoms with Crippen LogP contribution in [0.4, 0.5) is 0 Å². The molecule has 402 valence electrons. The summed E-state index contributed by atoms with van der Waals surface area (Å²) in [6, 6.07) is 7.03. The van der Waals surface area contributed by atoms with Crippen molar-refractivity contribution in [3.63, 3.8) is 0 Å². The molecule has 17 nitrogen and oxygen atoms in total. The van der Waals surface area contributed by atoms with E-state index in [-0.39, 0.29) is 30.4 Å². The van der Waals surface area contributed by atoms with Gasteiger partial charge in [-0.15, -0.1) is 0 Å². The number of nitrogens with zero attached hydrogens (tertiary/aromatic N) is 1. The minimum absolute atomic E-state index is 0.107. The van der Waals surface area contributed by atoms with Gasteiger partial charge in [0.25, 0.3) is 5.91 Å². The molecular weight excluding hydrogens is 915 g/mol. The predicted molar refractivity (Wildman–Crippen MR) is 265 cm³/mol. The van der Waals surface area contributed by atoms with E-state index in [2.05, 4.69) is 51.3 Å². The lowest BCUT2D eigenvalue weighted by atomic mass is 9.47. The van der Waals surface area contributed by atoms with E-state index in [4.69, 9.17) is 14.2 Å². The molecule has 1 saturated heterocycles. The fourth-order valence-electron chi connectivity index (χ4n) is 13.1. The number of benzene rings is 1. The van der Waals surface area contributed by atoms with Crippen LogP contribution in [0.25, 0.3) is 0 Å². The Morgan fingerprint density at radius 2 is 1.66 bits per heavy atom. The van der Waals surface area contributed by atoms with Gasteiger partial charge in [-0.2, -0.15) is 0 Å². The second-order valence-electron chi connectivity index (χ2n) is 23.3. The molecule has 0 aromatic heterocycles. The molecule has 3 saturated carbocycles. The number of amides is 2. The number of hydrogen-bond donors (Lipinski definition) is 10. The number of aliphatic hydroxyl groups is 8. The van der Waals surface area contributed by atoms with Gasteiger partial charge in [-0.3, -0.25) is 9.59 Å². The first-order chi connectivity index (χ1) is 33.5. The Balaban J connectivity index is 0.915. The molecule has 4 fully saturated rings. The average Bonchev–Trinajstić information content (AvgIpc) is 3.71. The van der Waals surface area contributed by atoms with E-state index in [1.165, 1.54) is 71.4 Å². The zero-order chi connectivity index (χ0) is 52.0. The molecule has 0 bridgehead atoms. The minimum atomic E-state index is -2.28. The summed E-state index contributed by atoms with van der Waals surface area (Å²) < 4.78 is 17.6. The maximum Gasteiger partial charge on any atom is 0.251 e. The zero-order valence-corrected chi connectivity index (χ0v) is 43.2. The van der Waals surface area contributed by atoms with Gasteiger partial charge in [0.2, 0.25) is 5.91 Å². The van der Waals surface area contributed by atoms with E-state index in [0.717, 1.165) is 60.3 Å². The molecule has 10 N–H and O–H groups in total. The van der Waals surface area contributed by atoms with Gasteiger partial charge >= 0.3 is 0 Å². The molecule has 9 unspecified atom stereocenters. The van der Waals surface area contributed by atoms with Crippen LogP contribution in [0.2, 0.25) is 0 Å². The summed E-state index contributed by atoms with van der Waals surface area (Å²) in [7, 11) is 0. The second-order valence-corrected chi connectivity index (χ2v) is 23.3. The molecule has 1 aromatic carbocycles. The molecule has 17 atom stereocenters. The SMILES string of the molecule is CC(C)CCCC(C)C1CCC2C3CC=C4CC(OCCC(=O)NCc5ccc(/C=[N+](\[O-])C(C)(C)CNC(=O)[C@H](O)[C@H](O)[C@H](O[C@@H]6O[C@H](CO)[C@H](O)[C@H](O)[C@H]6O)C(O)CO)cc5)CCC4(C)C3CCC12C. The number of carbonyl (C=O) groups excluding carboxylic acids is 2. The van der Waals surface area contributed by atoms with Crippen LogP contribution in [0.15, 0.2) is 35.9 Å². The number of fused-ring (bicyclic) bond motifs is 5. The quantitative estimate of drug-likeness (QED) is 0.0248. The number of nitrogens with one attached hydrogen (secondary N) is 2. The maximum absolute atomic E-state index is 13.3.